The number of hydrogen-bond acceptors (Lipinski definition) is 4. The molecule has 0 aliphatic carbocycles. The molecular formula is C30H31ClN4O3S. The van der Waals surface area contributed by atoms with Gasteiger partial charge in [0.05, 0.1) is 24.7 Å². The summed E-state index contributed by atoms with van der Waals surface area (Å²) in [6, 6.07) is 21.8. The van der Waals surface area contributed by atoms with Crippen molar-refractivity contribution in [2.45, 2.75) is 34.2 Å². The Morgan fingerprint density at radius 2 is 1.56 bits per heavy atom. The average molecular weight is 563 g/mol. The molecule has 1 amide bonds. The van der Waals surface area contributed by atoms with Gasteiger partial charge in [0.25, 0.3) is 5.91 Å². The van der Waals surface area contributed by atoms with Gasteiger partial charge in [0.2, 0.25) is 10.0 Å². The quantitative estimate of drug-likeness (QED) is 0.208. The molecule has 9 heteroatoms. The second kappa shape index (κ2) is 11.5. The minimum Gasteiger partial charge on any atom is -0.318 e. The van der Waals surface area contributed by atoms with Gasteiger partial charge < -0.3 is 4.57 Å². The van der Waals surface area contributed by atoms with Crippen molar-refractivity contribution in [2.75, 3.05) is 10.6 Å². The van der Waals surface area contributed by atoms with Crippen molar-refractivity contribution in [3.8, 4) is 5.69 Å². The van der Waals surface area contributed by atoms with Gasteiger partial charge in [0.15, 0.2) is 0 Å². The molecule has 1 N–H and O–H groups in total. The van der Waals surface area contributed by atoms with E-state index in [0.717, 1.165) is 34.5 Å². The van der Waals surface area contributed by atoms with Gasteiger partial charge in [-0.05, 0) is 99.0 Å². The van der Waals surface area contributed by atoms with Gasteiger partial charge in [-0.25, -0.2) is 13.8 Å². The Balaban J connectivity index is 1.47. The lowest BCUT2D eigenvalue weighted by Crippen LogP contribution is -2.29. The van der Waals surface area contributed by atoms with E-state index in [-0.39, 0.29) is 6.54 Å². The minimum absolute atomic E-state index is 0.145. The zero-order valence-electron chi connectivity index (χ0n) is 22.6. The lowest BCUT2D eigenvalue weighted by atomic mass is 10.1. The van der Waals surface area contributed by atoms with Crippen molar-refractivity contribution >= 4 is 39.4 Å². The Hall–Kier alpha value is -3.88. The fourth-order valence-corrected chi connectivity index (χ4v) is 5.57. The van der Waals surface area contributed by atoms with Crippen molar-refractivity contribution in [3.05, 3.63) is 117 Å². The Morgan fingerprint density at radius 3 is 2.15 bits per heavy atom. The molecule has 7 nitrogen and oxygen atoms in total. The monoisotopic (exact) mass is 562 g/mol. The standard InChI is InChI=1S/C30H31ClN4O3S/c1-20-14-21(2)16-29(15-20)35-22(3)17-26(23(35)4)18-32-33-30(36)25-8-12-28(13-9-25)34(39(5,37)38)19-24-6-10-27(31)11-7-24/h6-18H,19H2,1-5H3,(H,33,36)/b32-18-. The van der Waals surface area contributed by atoms with Gasteiger partial charge in [0.1, 0.15) is 0 Å². The van der Waals surface area contributed by atoms with E-state index in [1.165, 1.54) is 15.4 Å². The van der Waals surface area contributed by atoms with E-state index in [9.17, 15) is 13.2 Å². The van der Waals surface area contributed by atoms with E-state index >= 15 is 0 Å². The molecule has 0 spiro atoms. The summed E-state index contributed by atoms with van der Waals surface area (Å²) in [6.45, 7) is 8.35. The number of sulfonamides is 1. The summed E-state index contributed by atoms with van der Waals surface area (Å²) >= 11 is 5.94. The summed E-state index contributed by atoms with van der Waals surface area (Å²) in [4.78, 5) is 12.7. The van der Waals surface area contributed by atoms with Crippen LogP contribution in [0.3, 0.4) is 0 Å². The number of carbonyl (C=O) groups is 1. The third-order valence-corrected chi connectivity index (χ3v) is 7.75. The van der Waals surface area contributed by atoms with Crippen LogP contribution >= 0.6 is 11.6 Å². The van der Waals surface area contributed by atoms with Gasteiger partial charge in [-0.1, -0.05) is 29.8 Å². The van der Waals surface area contributed by atoms with E-state index in [0.29, 0.717) is 16.3 Å². The number of amides is 1. The van der Waals surface area contributed by atoms with E-state index in [2.05, 4.69) is 47.1 Å². The third-order valence-electron chi connectivity index (χ3n) is 6.36. The molecule has 3 aromatic carbocycles. The van der Waals surface area contributed by atoms with Gasteiger partial charge in [-0.2, -0.15) is 5.10 Å². The number of hydrazone groups is 1. The molecular weight excluding hydrogens is 532 g/mol. The number of rotatable bonds is 8. The molecule has 0 aliphatic rings. The molecule has 0 unspecified atom stereocenters. The summed E-state index contributed by atoms with van der Waals surface area (Å²) < 4.78 is 28.4. The van der Waals surface area contributed by atoms with Crippen LogP contribution in [0, 0.1) is 27.7 Å². The predicted molar refractivity (Wildman–Crippen MR) is 159 cm³/mol. The van der Waals surface area contributed by atoms with Crippen LogP contribution in [0.2, 0.25) is 5.02 Å². The molecule has 0 atom stereocenters. The smallest absolute Gasteiger partial charge is 0.271 e. The van der Waals surface area contributed by atoms with Gasteiger partial charge in [0, 0.05) is 33.2 Å². The molecule has 1 aromatic heterocycles. The maximum atomic E-state index is 12.7. The van der Waals surface area contributed by atoms with Crippen molar-refractivity contribution in [3.63, 3.8) is 0 Å². The van der Waals surface area contributed by atoms with Crippen LogP contribution in [-0.2, 0) is 16.6 Å². The van der Waals surface area contributed by atoms with E-state index in [4.69, 9.17) is 11.6 Å². The molecule has 1 heterocycles. The second-order valence-corrected chi connectivity index (χ2v) is 12.0. The Labute approximate surface area is 234 Å². The van der Waals surface area contributed by atoms with Crippen molar-refractivity contribution in [2.24, 2.45) is 5.10 Å². The molecule has 39 heavy (non-hydrogen) atoms. The van der Waals surface area contributed by atoms with Crippen LogP contribution in [-0.4, -0.2) is 31.4 Å². The first-order valence-electron chi connectivity index (χ1n) is 12.4. The van der Waals surface area contributed by atoms with E-state index < -0.39 is 15.9 Å². The minimum atomic E-state index is -3.56. The lowest BCUT2D eigenvalue weighted by molar-refractivity contribution is 0.0955. The van der Waals surface area contributed by atoms with Crippen LogP contribution in [0.25, 0.3) is 5.69 Å². The lowest BCUT2D eigenvalue weighted by Gasteiger charge is -2.22. The maximum absolute atomic E-state index is 12.7. The number of halogens is 1. The number of anilines is 1. The number of nitrogens with one attached hydrogen (secondary N) is 1. The molecule has 0 aliphatic heterocycles. The molecule has 4 aromatic rings. The van der Waals surface area contributed by atoms with E-state index in [1.54, 1.807) is 54.7 Å². The first-order valence-corrected chi connectivity index (χ1v) is 14.6. The predicted octanol–water partition coefficient (Wildman–Crippen LogP) is 6.09. The number of hydrogen-bond donors (Lipinski definition) is 1. The summed E-state index contributed by atoms with van der Waals surface area (Å²) in [5.41, 5.74) is 10.6. The molecule has 202 valence electrons. The number of aryl methyl sites for hydroxylation is 3. The average Bonchev–Trinajstić information content (AvgIpc) is 3.15. The SMILES string of the molecule is Cc1cc(C)cc(-n2c(C)cc(/C=N\NC(=O)c3ccc(N(Cc4ccc(Cl)cc4)S(C)(=O)=O)cc3)c2C)c1. The molecule has 0 fully saturated rings. The highest BCUT2D eigenvalue weighted by Crippen LogP contribution is 2.23. The Bertz CT molecular complexity index is 1620. The van der Waals surface area contributed by atoms with E-state index in [1.807, 2.05) is 19.9 Å². The number of nitrogens with zero attached hydrogens (tertiary/aromatic N) is 3. The number of carbonyl (C=O) groups excluding carboxylic acids is 1. The van der Waals surface area contributed by atoms with Crippen LogP contribution in [0.15, 0.2) is 77.9 Å². The highest BCUT2D eigenvalue weighted by molar-refractivity contribution is 7.92. The normalized spacial score (nSPS) is 11.6. The first kappa shape index (κ1) is 28.1. The van der Waals surface area contributed by atoms with Crippen LogP contribution in [0.5, 0.6) is 0 Å². The number of aromatic nitrogens is 1. The summed E-state index contributed by atoms with van der Waals surface area (Å²) in [6.07, 6.45) is 2.78. The fraction of sp³-hybridized carbons (Fsp3) is 0.200. The largest absolute Gasteiger partial charge is 0.318 e. The fourth-order valence-electron chi connectivity index (χ4n) is 4.56. The summed E-state index contributed by atoms with van der Waals surface area (Å²) in [5, 5.41) is 4.74. The van der Waals surface area contributed by atoms with Crippen LogP contribution in [0.4, 0.5) is 5.69 Å². The zero-order chi connectivity index (χ0) is 28.3. The van der Waals surface area contributed by atoms with Crippen molar-refractivity contribution in [1.29, 1.82) is 0 Å². The summed E-state index contributed by atoms with van der Waals surface area (Å²) in [5.74, 6) is -0.399. The third kappa shape index (κ3) is 6.77. The summed E-state index contributed by atoms with van der Waals surface area (Å²) in [7, 11) is -3.56. The van der Waals surface area contributed by atoms with Crippen molar-refractivity contribution < 1.29 is 13.2 Å². The molecule has 0 radical (unpaired) electrons. The maximum Gasteiger partial charge on any atom is 0.271 e. The topological polar surface area (TPSA) is 83.8 Å². The van der Waals surface area contributed by atoms with Crippen LogP contribution < -0.4 is 9.73 Å². The Morgan fingerprint density at radius 1 is 0.949 bits per heavy atom. The Kier molecular flexibility index (Phi) is 8.28. The van der Waals surface area contributed by atoms with Crippen molar-refractivity contribution in [1.82, 2.24) is 9.99 Å². The van der Waals surface area contributed by atoms with Gasteiger partial charge >= 0.3 is 0 Å². The second-order valence-electron chi connectivity index (χ2n) is 9.65. The molecule has 0 saturated carbocycles. The highest BCUT2D eigenvalue weighted by atomic mass is 35.5. The van der Waals surface area contributed by atoms with Gasteiger partial charge in [-0.15, -0.1) is 0 Å². The molecule has 0 bridgehead atoms. The van der Waals surface area contributed by atoms with Crippen LogP contribution in [0.1, 0.15) is 44.0 Å². The highest BCUT2D eigenvalue weighted by Gasteiger charge is 2.18. The number of benzene rings is 3. The van der Waals surface area contributed by atoms with Gasteiger partial charge in [-0.3, -0.25) is 9.10 Å². The zero-order valence-corrected chi connectivity index (χ0v) is 24.1. The molecule has 0 saturated heterocycles. The molecule has 4 rings (SSSR count). The first-order chi connectivity index (χ1) is 18.4.